The highest BCUT2D eigenvalue weighted by Gasteiger charge is 2.38. The molecule has 2 N–H and O–H groups in total. The first kappa shape index (κ1) is 11.2. The summed E-state index contributed by atoms with van der Waals surface area (Å²) in [5.74, 6) is 0. The number of likely N-dealkylation sites (tertiary alicyclic amines) is 1. The Morgan fingerprint density at radius 3 is 2.76 bits per heavy atom. The van der Waals surface area contributed by atoms with Crippen molar-refractivity contribution in [3.63, 3.8) is 0 Å². The van der Waals surface area contributed by atoms with Crippen molar-refractivity contribution in [3.8, 4) is 0 Å². The van der Waals surface area contributed by atoms with Gasteiger partial charge in [-0.25, -0.2) is 0 Å². The summed E-state index contributed by atoms with van der Waals surface area (Å²) in [7, 11) is 2.19. The molecule has 0 aromatic carbocycles. The van der Waals surface area contributed by atoms with Gasteiger partial charge in [0, 0.05) is 11.7 Å². The predicted octanol–water partition coefficient (Wildman–Crippen LogP) is 1.18. The second-order valence-electron chi connectivity index (χ2n) is 5.90. The van der Waals surface area contributed by atoms with E-state index in [1.807, 2.05) is 6.20 Å². The number of aromatic nitrogens is 2. The zero-order valence-corrected chi connectivity index (χ0v) is 10.6. The summed E-state index contributed by atoms with van der Waals surface area (Å²) < 4.78 is 2.16. The maximum atomic E-state index is 6.14. The number of rotatable bonds is 3. The molecule has 1 aliphatic heterocycles. The van der Waals surface area contributed by atoms with Crippen LogP contribution in [0.25, 0.3) is 0 Å². The van der Waals surface area contributed by atoms with Crippen molar-refractivity contribution in [3.05, 3.63) is 18.0 Å². The standard InChI is InChI=1S/C13H22N4/c1-16-6-2-12(3-7-16)17-10-11(9-15-17)8-13(14)4-5-13/h9-10,12H,2-8,14H2,1H3. The van der Waals surface area contributed by atoms with Crippen LogP contribution in [-0.2, 0) is 6.42 Å². The fraction of sp³-hybridized carbons (Fsp3) is 0.769. The summed E-state index contributed by atoms with van der Waals surface area (Å²) in [5, 5.41) is 4.52. The highest BCUT2D eigenvalue weighted by atomic mass is 15.3. The zero-order chi connectivity index (χ0) is 11.9. The topological polar surface area (TPSA) is 47.1 Å². The van der Waals surface area contributed by atoms with E-state index in [4.69, 9.17) is 5.73 Å². The number of hydrogen-bond acceptors (Lipinski definition) is 3. The van der Waals surface area contributed by atoms with Crippen LogP contribution in [0.2, 0.25) is 0 Å². The Hall–Kier alpha value is -0.870. The quantitative estimate of drug-likeness (QED) is 0.854. The van der Waals surface area contributed by atoms with Crippen LogP contribution in [0.3, 0.4) is 0 Å². The molecule has 2 heterocycles. The van der Waals surface area contributed by atoms with Crippen molar-refractivity contribution < 1.29 is 0 Å². The molecule has 2 aliphatic rings. The van der Waals surface area contributed by atoms with Gasteiger partial charge in [0.1, 0.15) is 0 Å². The lowest BCUT2D eigenvalue weighted by Gasteiger charge is -2.29. The normalized spacial score (nSPS) is 25.1. The van der Waals surface area contributed by atoms with E-state index in [9.17, 15) is 0 Å². The van der Waals surface area contributed by atoms with Gasteiger partial charge in [-0.15, -0.1) is 0 Å². The average molecular weight is 234 g/mol. The van der Waals surface area contributed by atoms with E-state index in [2.05, 4.69) is 27.9 Å². The Labute approximate surface area is 103 Å². The maximum absolute atomic E-state index is 6.14. The van der Waals surface area contributed by atoms with E-state index in [1.54, 1.807) is 0 Å². The smallest absolute Gasteiger partial charge is 0.0543 e. The molecule has 4 heteroatoms. The van der Waals surface area contributed by atoms with Gasteiger partial charge in [0.25, 0.3) is 0 Å². The SMILES string of the molecule is CN1CCC(n2cc(CC3(N)CC3)cn2)CC1. The van der Waals surface area contributed by atoms with Crippen molar-refractivity contribution in [2.75, 3.05) is 20.1 Å². The summed E-state index contributed by atoms with van der Waals surface area (Å²) in [6.07, 6.45) is 9.99. The average Bonchev–Trinajstić information content (AvgIpc) is 2.86. The van der Waals surface area contributed by atoms with Crippen molar-refractivity contribution >= 4 is 0 Å². The third kappa shape index (κ3) is 2.53. The first-order valence-electron chi connectivity index (χ1n) is 6.65. The van der Waals surface area contributed by atoms with E-state index in [0.29, 0.717) is 6.04 Å². The van der Waals surface area contributed by atoms with E-state index >= 15 is 0 Å². The molecule has 3 rings (SSSR count). The Kier molecular flexibility index (Phi) is 2.71. The molecular formula is C13H22N4. The number of nitrogens with zero attached hydrogens (tertiary/aromatic N) is 3. The second-order valence-corrected chi connectivity index (χ2v) is 5.90. The van der Waals surface area contributed by atoms with Gasteiger partial charge in [0.05, 0.1) is 12.2 Å². The molecule has 4 nitrogen and oxygen atoms in total. The van der Waals surface area contributed by atoms with Crippen LogP contribution < -0.4 is 5.73 Å². The molecule has 1 aromatic heterocycles. The molecule has 0 amide bonds. The van der Waals surface area contributed by atoms with Gasteiger partial charge in [-0.3, -0.25) is 4.68 Å². The van der Waals surface area contributed by atoms with Crippen LogP contribution in [0.1, 0.15) is 37.3 Å². The Morgan fingerprint density at radius 1 is 1.41 bits per heavy atom. The van der Waals surface area contributed by atoms with Gasteiger partial charge in [0.2, 0.25) is 0 Å². The first-order chi connectivity index (χ1) is 8.15. The van der Waals surface area contributed by atoms with Gasteiger partial charge in [-0.05, 0) is 57.8 Å². The zero-order valence-electron chi connectivity index (χ0n) is 10.6. The highest BCUT2D eigenvalue weighted by Crippen LogP contribution is 2.35. The van der Waals surface area contributed by atoms with Gasteiger partial charge in [0.15, 0.2) is 0 Å². The summed E-state index contributed by atoms with van der Waals surface area (Å²) in [6.45, 7) is 2.36. The molecule has 2 fully saturated rings. The number of nitrogens with two attached hydrogens (primary N) is 1. The first-order valence-corrected chi connectivity index (χ1v) is 6.65. The number of hydrogen-bond donors (Lipinski definition) is 1. The molecule has 1 aromatic rings. The molecule has 0 unspecified atom stereocenters. The third-order valence-corrected chi connectivity index (χ3v) is 4.17. The van der Waals surface area contributed by atoms with Crippen molar-refractivity contribution in [2.45, 2.75) is 43.7 Å². The predicted molar refractivity (Wildman–Crippen MR) is 67.9 cm³/mol. The monoisotopic (exact) mass is 234 g/mol. The van der Waals surface area contributed by atoms with E-state index in [1.165, 1.54) is 44.3 Å². The minimum atomic E-state index is 0.0979. The van der Waals surface area contributed by atoms with Gasteiger partial charge >= 0.3 is 0 Å². The molecule has 1 saturated carbocycles. The van der Waals surface area contributed by atoms with Gasteiger partial charge in [-0.2, -0.15) is 5.10 Å². The molecule has 0 spiro atoms. The Bertz CT molecular complexity index is 386. The second kappa shape index (κ2) is 4.10. The van der Waals surface area contributed by atoms with Crippen molar-refractivity contribution in [2.24, 2.45) is 5.73 Å². The molecule has 0 radical (unpaired) electrons. The largest absolute Gasteiger partial charge is 0.325 e. The molecule has 0 bridgehead atoms. The lowest BCUT2D eigenvalue weighted by Crippen LogP contribution is -2.31. The van der Waals surface area contributed by atoms with Crippen molar-refractivity contribution in [1.82, 2.24) is 14.7 Å². The molecule has 1 saturated heterocycles. The van der Waals surface area contributed by atoms with Crippen LogP contribution in [0.15, 0.2) is 12.4 Å². The molecular weight excluding hydrogens is 212 g/mol. The van der Waals surface area contributed by atoms with Crippen LogP contribution >= 0.6 is 0 Å². The lowest BCUT2D eigenvalue weighted by atomic mass is 10.1. The van der Waals surface area contributed by atoms with Crippen molar-refractivity contribution in [1.29, 1.82) is 0 Å². The minimum absolute atomic E-state index is 0.0979. The van der Waals surface area contributed by atoms with E-state index in [0.717, 1.165) is 6.42 Å². The molecule has 1 aliphatic carbocycles. The summed E-state index contributed by atoms with van der Waals surface area (Å²) in [4.78, 5) is 2.39. The Balaban J connectivity index is 1.63. The highest BCUT2D eigenvalue weighted by molar-refractivity contribution is 5.15. The Morgan fingerprint density at radius 2 is 2.12 bits per heavy atom. The van der Waals surface area contributed by atoms with Crippen LogP contribution in [-0.4, -0.2) is 40.4 Å². The molecule has 94 valence electrons. The van der Waals surface area contributed by atoms with Crippen LogP contribution in [0.5, 0.6) is 0 Å². The summed E-state index contributed by atoms with van der Waals surface area (Å²) in [5.41, 5.74) is 7.55. The fourth-order valence-corrected chi connectivity index (χ4v) is 2.67. The van der Waals surface area contributed by atoms with Gasteiger partial charge < -0.3 is 10.6 Å². The van der Waals surface area contributed by atoms with Gasteiger partial charge in [-0.1, -0.05) is 0 Å². The fourth-order valence-electron chi connectivity index (χ4n) is 2.67. The minimum Gasteiger partial charge on any atom is -0.325 e. The number of piperidine rings is 1. The van der Waals surface area contributed by atoms with Crippen LogP contribution in [0, 0.1) is 0 Å². The lowest BCUT2D eigenvalue weighted by molar-refractivity contribution is 0.212. The van der Waals surface area contributed by atoms with Crippen LogP contribution in [0.4, 0.5) is 0 Å². The van der Waals surface area contributed by atoms with E-state index in [-0.39, 0.29) is 5.54 Å². The molecule has 0 atom stereocenters. The molecule has 17 heavy (non-hydrogen) atoms. The summed E-state index contributed by atoms with van der Waals surface area (Å²) in [6, 6.07) is 0.591. The van der Waals surface area contributed by atoms with E-state index < -0.39 is 0 Å². The third-order valence-electron chi connectivity index (χ3n) is 4.17. The maximum Gasteiger partial charge on any atom is 0.0543 e. The summed E-state index contributed by atoms with van der Waals surface area (Å²) >= 11 is 0.